The van der Waals surface area contributed by atoms with Gasteiger partial charge in [0.2, 0.25) is 11.8 Å². The fourth-order valence-electron chi connectivity index (χ4n) is 4.06. The Morgan fingerprint density at radius 2 is 1.52 bits per heavy atom. The molecule has 1 N–H and O–H groups in total. The number of anilines is 1. The van der Waals surface area contributed by atoms with Crippen LogP contribution in [0.4, 0.5) is 5.69 Å². The summed E-state index contributed by atoms with van der Waals surface area (Å²) in [4.78, 5) is 28.1. The number of hydrogen-bond acceptors (Lipinski definition) is 7. The normalized spacial score (nSPS) is 11.7. The van der Waals surface area contributed by atoms with E-state index in [-0.39, 0.29) is 23.0 Å². The molecular formula is C29H35N3O7S. The van der Waals surface area contributed by atoms with E-state index in [4.69, 9.17) is 14.2 Å². The summed E-state index contributed by atoms with van der Waals surface area (Å²) in [5, 5.41) is 2.74. The van der Waals surface area contributed by atoms with Crippen LogP contribution in [0.25, 0.3) is 0 Å². The zero-order valence-corrected chi connectivity index (χ0v) is 24.1. The Kier molecular flexibility index (Phi) is 10.4. The summed E-state index contributed by atoms with van der Waals surface area (Å²) in [6, 6.07) is 18.6. The molecule has 0 aromatic heterocycles. The number of carbonyl (C=O) groups is 2. The Balaban J connectivity index is 2.06. The highest BCUT2D eigenvalue weighted by Gasteiger charge is 2.32. The van der Waals surface area contributed by atoms with Crippen molar-refractivity contribution in [3.8, 4) is 17.2 Å². The average molecular weight is 570 g/mol. The van der Waals surface area contributed by atoms with Gasteiger partial charge in [-0.2, -0.15) is 0 Å². The summed E-state index contributed by atoms with van der Waals surface area (Å²) in [5.41, 5.74) is 0.943. The molecule has 40 heavy (non-hydrogen) atoms. The second-order valence-electron chi connectivity index (χ2n) is 8.80. The number of methoxy groups -OCH3 is 3. The number of hydrogen-bond donors (Lipinski definition) is 1. The number of ether oxygens (including phenoxy) is 3. The first kappa shape index (κ1) is 30.3. The summed E-state index contributed by atoms with van der Waals surface area (Å²) in [6.45, 7) is 3.29. The predicted molar refractivity (Wildman–Crippen MR) is 152 cm³/mol. The van der Waals surface area contributed by atoms with Gasteiger partial charge in [-0.25, -0.2) is 8.42 Å². The monoisotopic (exact) mass is 569 g/mol. The van der Waals surface area contributed by atoms with Crippen molar-refractivity contribution in [2.75, 3.05) is 38.7 Å². The summed E-state index contributed by atoms with van der Waals surface area (Å²) >= 11 is 0. The molecule has 0 bridgehead atoms. The zero-order chi connectivity index (χ0) is 29.3. The fraction of sp³-hybridized carbons (Fsp3) is 0.310. The Bertz CT molecular complexity index is 1400. The Morgan fingerprint density at radius 1 is 0.875 bits per heavy atom. The van der Waals surface area contributed by atoms with Gasteiger partial charge in [-0.15, -0.1) is 0 Å². The first-order valence-corrected chi connectivity index (χ1v) is 14.1. The Labute approximate surface area is 235 Å². The molecule has 0 spiro atoms. The van der Waals surface area contributed by atoms with Crippen molar-refractivity contribution in [2.45, 2.75) is 31.3 Å². The lowest BCUT2D eigenvalue weighted by Gasteiger charge is -2.32. The van der Waals surface area contributed by atoms with Crippen molar-refractivity contribution in [1.82, 2.24) is 10.2 Å². The van der Waals surface area contributed by atoms with Gasteiger partial charge in [-0.1, -0.05) is 30.3 Å². The molecule has 10 nitrogen and oxygen atoms in total. The standard InChI is InChI=1S/C29H35N3O7S/c1-6-30-29(34)21(2)31(19-22-12-15-24(37-3)16-13-22)28(33)20-32(40(35,36)25-10-8-7-9-11-25)23-14-17-26(38-4)27(18-23)39-5/h7-18,21H,6,19-20H2,1-5H3,(H,30,34)/t21-/m0/s1. The van der Waals surface area contributed by atoms with E-state index < -0.39 is 28.5 Å². The molecule has 0 saturated carbocycles. The number of benzene rings is 3. The van der Waals surface area contributed by atoms with Crippen molar-refractivity contribution in [1.29, 1.82) is 0 Å². The van der Waals surface area contributed by atoms with E-state index in [9.17, 15) is 18.0 Å². The van der Waals surface area contributed by atoms with Crippen LogP contribution >= 0.6 is 0 Å². The molecule has 1 atom stereocenters. The van der Waals surface area contributed by atoms with Crippen LogP contribution in [0.15, 0.2) is 77.7 Å². The number of nitrogens with zero attached hydrogens (tertiary/aromatic N) is 2. The number of rotatable bonds is 13. The van der Waals surface area contributed by atoms with Crippen molar-refractivity contribution in [2.24, 2.45) is 0 Å². The Hall–Kier alpha value is -4.25. The molecule has 3 aromatic carbocycles. The van der Waals surface area contributed by atoms with Crippen LogP contribution in [0.3, 0.4) is 0 Å². The molecule has 0 fully saturated rings. The maximum Gasteiger partial charge on any atom is 0.264 e. The van der Waals surface area contributed by atoms with Gasteiger partial charge in [0.25, 0.3) is 10.0 Å². The van der Waals surface area contributed by atoms with Crippen molar-refractivity contribution >= 4 is 27.5 Å². The highest BCUT2D eigenvalue weighted by atomic mass is 32.2. The highest BCUT2D eigenvalue weighted by Crippen LogP contribution is 2.34. The molecule has 0 heterocycles. The lowest BCUT2D eigenvalue weighted by atomic mass is 10.1. The molecule has 11 heteroatoms. The van der Waals surface area contributed by atoms with Gasteiger partial charge < -0.3 is 24.4 Å². The summed E-state index contributed by atoms with van der Waals surface area (Å²) in [7, 11) is 0.270. The van der Waals surface area contributed by atoms with E-state index >= 15 is 0 Å². The SMILES string of the molecule is CCNC(=O)[C@H](C)N(Cc1ccc(OC)cc1)C(=O)CN(c1ccc(OC)c(OC)c1)S(=O)(=O)c1ccccc1. The minimum absolute atomic E-state index is 0.0102. The van der Waals surface area contributed by atoms with Gasteiger partial charge in [0, 0.05) is 19.2 Å². The highest BCUT2D eigenvalue weighted by molar-refractivity contribution is 7.92. The topological polar surface area (TPSA) is 114 Å². The summed E-state index contributed by atoms with van der Waals surface area (Å²) in [5.74, 6) is 0.427. The lowest BCUT2D eigenvalue weighted by Crippen LogP contribution is -2.51. The molecule has 0 saturated heterocycles. The molecule has 214 valence electrons. The number of likely N-dealkylation sites (N-methyl/N-ethyl adjacent to an activating group) is 1. The average Bonchev–Trinajstić information content (AvgIpc) is 2.98. The second kappa shape index (κ2) is 13.7. The first-order chi connectivity index (χ1) is 19.2. The van der Waals surface area contributed by atoms with Crippen molar-refractivity contribution in [3.05, 3.63) is 78.4 Å². The van der Waals surface area contributed by atoms with Gasteiger partial charge in [0.05, 0.1) is 31.9 Å². The predicted octanol–water partition coefficient (Wildman–Crippen LogP) is 3.46. The third kappa shape index (κ3) is 7.03. The van der Waals surface area contributed by atoms with E-state index in [1.54, 1.807) is 69.5 Å². The molecule has 0 aliphatic rings. The number of carbonyl (C=O) groups excluding carboxylic acids is 2. The van der Waals surface area contributed by atoms with Crippen molar-refractivity contribution < 1.29 is 32.2 Å². The number of amides is 2. The van der Waals surface area contributed by atoms with Crippen LogP contribution in [0.5, 0.6) is 17.2 Å². The summed E-state index contributed by atoms with van der Waals surface area (Å²) < 4.78 is 44.7. The second-order valence-corrected chi connectivity index (χ2v) is 10.7. The van der Waals surface area contributed by atoms with E-state index in [0.29, 0.717) is 23.8 Å². The fourth-order valence-corrected chi connectivity index (χ4v) is 5.49. The number of sulfonamides is 1. The zero-order valence-electron chi connectivity index (χ0n) is 23.3. The lowest BCUT2D eigenvalue weighted by molar-refractivity contribution is -0.139. The molecule has 3 rings (SSSR count). The quantitative estimate of drug-likeness (QED) is 0.335. The first-order valence-electron chi connectivity index (χ1n) is 12.7. The van der Waals surface area contributed by atoms with E-state index in [1.165, 1.54) is 43.4 Å². The molecule has 3 aromatic rings. The van der Waals surface area contributed by atoms with E-state index in [0.717, 1.165) is 9.87 Å². The van der Waals surface area contributed by atoms with Crippen LogP contribution in [-0.2, 0) is 26.2 Å². The van der Waals surface area contributed by atoms with Gasteiger partial charge in [0.15, 0.2) is 11.5 Å². The molecule has 0 radical (unpaired) electrons. The number of nitrogens with one attached hydrogen (secondary N) is 1. The van der Waals surface area contributed by atoms with Gasteiger partial charge in [-0.05, 0) is 55.8 Å². The largest absolute Gasteiger partial charge is 0.497 e. The third-order valence-electron chi connectivity index (χ3n) is 6.30. The maximum atomic E-state index is 13.9. The van der Waals surface area contributed by atoms with Crippen LogP contribution < -0.4 is 23.8 Å². The van der Waals surface area contributed by atoms with Crippen LogP contribution in [0.2, 0.25) is 0 Å². The van der Waals surface area contributed by atoms with Crippen LogP contribution in [0.1, 0.15) is 19.4 Å². The molecule has 0 aliphatic heterocycles. The van der Waals surface area contributed by atoms with Crippen LogP contribution in [0, 0.1) is 0 Å². The molecule has 2 amide bonds. The minimum Gasteiger partial charge on any atom is -0.497 e. The van der Waals surface area contributed by atoms with Crippen LogP contribution in [-0.4, -0.2) is 65.6 Å². The third-order valence-corrected chi connectivity index (χ3v) is 8.08. The molecule has 0 unspecified atom stereocenters. The van der Waals surface area contributed by atoms with E-state index in [2.05, 4.69) is 5.32 Å². The molecular weight excluding hydrogens is 534 g/mol. The smallest absolute Gasteiger partial charge is 0.264 e. The summed E-state index contributed by atoms with van der Waals surface area (Å²) in [6.07, 6.45) is 0. The Morgan fingerprint density at radius 3 is 2.10 bits per heavy atom. The maximum absolute atomic E-state index is 13.9. The van der Waals surface area contributed by atoms with Gasteiger partial charge in [0.1, 0.15) is 18.3 Å². The van der Waals surface area contributed by atoms with E-state index in [1.807, 2.05) is 0 Å². The molecule has 0 aliphatic carbocycles. The minimum atomic E-state index is -4.19. The van der Waals surface area contributed by atoms with Crippen molar-refractivity contribution in [3.63, 3.8) is 0 Å². The van der Waals surface area contributed by atoms with Gasteiger partial charge in [-0.3, -0.25) is 13.9 Å². The van der Waals surface area contributed by atoms with Gasteiger partial charge >= 0.3 is 0 Å².